The van der Waals surface area contributed by atoms with Gasteiger partial charge in [0, 0.05) is 41.5 Å². The molecule has 4 nitrogen and oxygen atoms in total. The summed E-state index contributed by atoms with van der Waals surface area (Å²) in [5, 5.41) is 26.4. The Morgan fingerprint density at radius 2 is 1.05 bits per heavy atom. The van der Waals surface area contributed by atoms with Gasteiger partial charge in [0.25, 0.3) is 0 Å². The van der Waals surface area contributed by atoms with E-state index in [1.54, 1.807) is 18.5 Å². The molecule has 37 heavy (non-hydrogen) atoms. The summed E-state index contributed by atoms with van der Waals surface area (Å²) in [5.41, 5.74) is 7.00. The van der Waals surface area contributed by atoms with E-state index in [1.165, 1.54) is 0 Å². The number of aliphatic hydroxyl groups is 2. The summed E-state index contributed by atoms with van der Waals surface area (Å²) in [6, 6.07) is 31.1. The predicted molar refractivity (Wildman–Crippen MR) is 149 cm³/mol. The lowest BCUT2D eigenvalue weighted by atomic mass is 9.87. The first-order chi connectivity index (χ1) is 18.2. The number of nitrogens with zero attached hydrogens (tertiary/aromatic N) is 2. The summed E-state index contributed by atoms with van der Waals surface area (Å²) in [5.74, 6) is 0. The lowest BCUT2D eigenvalue weighted by Gasteiger charge is -2.18. The molecule has 0 unspecified atom stereocenters. The lowest BCUT2D eigenvalue weighted by molar-refractivity contribution is -0.0412. The molecule has 0 radical (unpaired) electrons. The topological polar surface area (TPSA) is 66.2 Å². The fraction of sp³-hybridized carbons (Fsp3) is 0.0303. The molecule has 7 rings (SSSR count). The van der Waals surface area contributed by atoms with Gasteiger partial charge in [-0.1, -0.05) is 60.7 Å². The van der Waals surface area contributed by atoms with E-state index in [2.05, 4.69) is 70.6 Å². The molecule has 0 saturated heterocycles. The van der Waals surface area contributed by atoms with Crippen molar-refractivity contribution in [2.45, 2.75) is 6.29 Å². The van der Waals surface area contributed by atoms with Gasteiger partial charge in [-0.25, -0.2) is 0 Å². The molecule has 0 atom stereocenters. The van der Waals surface area contributed by atoms with Crippen molar-refractivity contribution < 1.29 is 10.2 Å². The van der Waals surface area contributed by atoms with Crippen molar-refractivity contribution in [2.24, 2.45) is 0 Å². The molecule has 0 fully saturated rings. The van der Waals surface area contributed by atoms with Gasteiger partial charge in [0.2, 0.25) is 0 Å². The molecule has 0 saturated carbocycles. The fourth-order valence-electron chi connectivity index (χ4n) is 5.48. The second-order valence-electron chi connectivity index (χ2n) is 9.35. The van der Waals surface area contributed by atoms with Crippen molar-refractivity contribution in [1.29, 1.82) is 0 Å². The summed E-state index contributed by atoms with van der Waals surface area (Å²) in [4.78, 5) is 8.68. The first-order valence-corrected chi connectivity index (χ1v) is 12.2. The molecule has 7 aromatic rings. The van der Waals surface area contributed by atoms with Gasteiger partial charge in [0.1, 0.15) is 0 Å². The predicted octanol–water partition coefficient (Wildman–Crippen LogP) is 7.36. The normalized spacial score (nSPS) is 11.8. The summed E-state index contributed by atoms with van der Waals surface area (Å²) < 4.78 is 0. The minimum absolute atomic E-state index is 0.518. The van der Waals surface area contributed by atoms with Crippen LogP contribution in [0.15, 0.2) is 116 Å². The van der Waals surface area contributed by atoms with Crippen molar-refractivity contribution in [3.05, 3.63) is 121 Å². The summed E-state index contributed by atoms with van der Waals surface area (Å²) in [7, 11) is 0. The van der Waals surface area contributed by atoms with Crippen LogP contribution in [0.3, 0.4) is 0 Å². The van der Waals surface area contributed by atoms with Gasteiger partial charge in [0.15, 0.2) is 6.29 Å². The van der Waals surface area contributed by atoms with Gasteiger partial charge in [-0.05, 0) is 84.9 Å². The molecule has 0 spiro atoms. The highest BCUT2D eigenvalue weighted by atomic mass is 16.5. The molecule has 0 aliphatic heterocycles. The average Bonchev–Trinajstić information content (AvgIpc) is 2.96. The van der Waals surface area contributed by atoms with Crippen LogP contribution < -0.4 is 0 Å². The van der Waals surface area contributed by atoms with Crippen LogP contribution in [0.25, 0.3) is 65.7 Å². The zero-order valence-corrected chi connectivity index (χ0v) is 19.8. The molecular formula is C33H22N2O2. The molecule has 2 aromatic heterocycles. The van der Waals surface area contributed by atoms with E-state index in [4.69, 9.17) is 0 Å². The number of hydrogen-bond acceptors (Lipinski definition) is 4. The number of pyridine rings is 2. The van der Waals surface area contributed by atoms with Gasteiger partial charge in [0.05, 0.1) is 0 Å². The van der Waals surface area contributed by atoms with E-state index in [1.807, 2.05) is 36.7 Å². The molecule has 0 aliphatic rings. The van der Waals surface area contributed by atoms with Crippen LogP contribution in [0.1, 0.15) is 11.9 Å². The fourth-order valence-corrected chi connectivity index (χ4v) is 5.48. The SMILES string of the molecule is OC(O)c1ccc2ccc3c(-c4cc(-c5cccnc5)cc(-c5cccnc5)c4)ccc4ccc1c2c43. The first-order valence-electron chi connectivity index (χ1n) is 12.2. The van der Waals surface area contributed by atoms with Gasteiger partial charge in [-0.15, -0.1) is 0 Å². The van der Waals surface area contributed by atoms with Crippen LogP contribution in [0.4, 0.5) is 0 Å². The van der Waals surface area contributed by atoms with Crippen molar-refractivity contribution in [3.8, 4) is 33.4 Å². The van der Waals surface area contributed by atoms with E-state index in [0.717, 1.165) is 65.7 Å². The van der Waals surface area contributed by atoms with Crippen LogP contribution in [0, 0.1) is 0 Å². The zero-order valence-electron chi connectivity index (χ0n) is 19.8. The molecule has 0 aliphatic carbocycles. The smallest absolute Gasteiger partial charge is 0.179 e. The van der Waals surface area contributed by atoms with Crippen molar-refractivity contribution in [1.82, 2.24) is 9.97 Å². The standard InChI is InChI=1S/C33H22N2O2/c36-33(37)30-12-8-21-6-10-28-27(9-5-20-7-11-29(30)32(21)31(20)28)26-16-24(22-3-1-13-34-18-22)15-25(17-26)23-4-2-14-35-19-23/h1-19,33,36-37H. The monoisotopic (exact) mass is 478 g/mol. The Morgan fingerprint density at radius 1 is 0.514 bits per heavy atom. The summed E-state index contributed by atoms with van der Waals surface area (Å²) >= 11 is 0. The second kappa shape index (κ2) is 8.49. The number of aliphatic hydroxyl groups excluding tert-OH is 1. The highest BCUT2D eigenvalue weighted by Crippen LogP contribution is 2.42. The Morgan fingerprint density at radius 3 is 1.65 bits per heavy atom. The second-order valence-corrected chi connectivity index (χ2v) is 9.35. The van der Waals surface area contributed by atoms with Crippen LogP contribution in [0.5, 0.6) is 0 Å². The zero-order chi connectivity index (χ0) is 24.9. The lowest BCUT2D eigenvalue weighted by Crippen LogP contribution is -1.97. The van der Waals surface area contributed by atoms with Crippen LogP contribution in [-0.4, -0.2) is 20.2 Å². The number of benzene rings is 5. The van der Waals surface area contributed by atoms with Gasteiger partial charge in [-0.2, -0.15) is 0 Å². The molecular weight excluding hydrogens is 456 g/mol. The maximum atomic E-state index is 10.0. The molecule has 0 amide bonds. The third kappa shape index (κ3) is 3.54. The minimum Gasteiger partial charge on any atom is -0.364 e. The Hall–Kier alpha value is -4.64. The molecule has 2 heterocycles. The highest BCUT2D eigenvalue weighted by Gasteiger charge is 2.17. The van der Waals surface area contributed by atoms with E-state index in [9.17, 15) is 10.2 Å². The first kappa shape index (κ1) is 21.6. The van der Waals surface area contributed by atoms with Gasteiger partial charge >= 0.3 is 0 Å². The number of rotatable bonds is 4. The van der Waals surface area contributed by atoms with Gasteiger partial charge in [-0.3, -0.25) is 9.97 Å². The maximum Gasteiger partial charge on any atom is 0.179 e. The van der Waals surface area contributed by atoms with Crippen LogP contribution >= 0.6 is 0 Å². The average molecular weight is 479 g/mol. The van der Waals surface area contributed by atoms with Gasteiger partial charge < -0.3 is 10.2 Å². The molecule has 0 bridgehead atoms. The Balaban J connectivity index is 1.54. The Labute approximate surface area is 213 Å². The van der Waals surface area contributed by atoms with Crippen molar-refractivity contribution in [3.63, 3.8) is 0 Å². The molecule has 176 valence electrons. The van der Waals surface area contributed by atoms with E-state index in [-0.39, 0.29) is 0 Å². The van der Waals surface area contributed by atoms with E-state index in [0.29, 0.717) is 5.56 Å². The summed E-state index contributed by atoms with van der Waals surface area (Å²) in [6.07, 6.45) is 5.82. The third-order valence-electron chi connectivity index (χ3n) is 7.21. The van der Waals surface area contributed by atoms with Crippen LogP contribution in [-0.2, 0) is 0 Å². The summed E-state index contributed by atoms with van der Waals surface area (Å²) in [6.45, 7) is 0. The van der Waals surface area contributed by atoms with Crippen molar-refractivity contribution in [2.75, 3.05) is 0 Å². The Bertz CT molecular complexity index is 1840. The number of hydrogen-bond donors (Lipinski definition) is 2. The largest absolute Gasteiger partial charge is 0.364 e. The number of aromatic nitrogens is 2. The van der Waals surface area contributed by atoms with E-state index >= 15 is 0 Å². The van der Waals surface area contributed by atoms with Crippen molar-refractivity contribution >= 4 is 32.3 Å². The van der Waals surface area contributed by atoms with Crippen LogP contribution in [0.2, 0.25) is 0 Å². The molecule has 2 N–H and O–H groups in total. The minimum atomic E-state index is -1.53. The Kier molecular flexibility index (Phi) is 4.96. The molecule has 4 heteroatoms. The highest BCUT2D eigenvalue weighted by molar-refractivity contribution is 6.26. The quantitative estimate of drug-likeness (QED) is 0.205. The third-order valence-corrected chi connectivity index (χ3v) is 7.21. The molecule has 5 aromatic carbocycles. The maximum absolute atomic E-state index is 10.0. The van der Waals surface area contributed by atoms with E-state index < -0.39 is 6.29 Å².